The molecular formula is C45H63NO10. The van der Waals surface area contributed by atoms with Crippen LogP contribution in [0.4, 0.5) is 0 Å². The summed E-state index contributed by atoms with van der Waals surface area (Å²) in [4.78, 5) is 50.5. The van der Waals surface area contributed by atoms with Crippen LogP contribution in [0.3, 0.4) is 0 Å². The van der Waals surface area contributed by atoms with E-state index in [1.54, 1.807) is 42.5 Å². The lowest BCUT2D eigenvalue weighted by atomic mass is 9.72. The van der Waals surface area contributed by atoms with Crippen LogP contribution in [0.2, 0.25) is 0 Å². The van der Waals surface area contributed by atoms with E-state index in [-0.39, 0.29) is 30.7 Å². The molecule has 2 aromatic rings. The Bertz CT molecular complexity index is 1580. The standard InChI is InChI=1S/C45H63NO10/c1-7-9-10-11-13-17-30-54-42(49)44(3,4)34-45(5,8-2)43(50)55-31-18-15-12-14-16-29-52-37-24-22-36(23-25-37)41(48)56-38-26-20-35(33-39(38)51-6)21-27-40(47)53-32-19-28-46/h20-27,33H,7-19,29-32,34H2,1-6H3/b27-21+. The lowest BCUT2D eigenvalue weighted by Gasteiger charge is -2.33. The van der Waals surface area contributed by atoms with Crippen LogP contribution in [0.15, 0.2) is 48.5 Å². The van der Waals surface area contributed by atoms with Crippen molar-refractivity contribution in [2.24, 2.45) is 10.8 Å². The Balaban J connectivity index is 1.66. The molecule has 0 bridgehead atoms. The van der Waals surface area contributed by atoms with E-state index in [9.17, 15) is 19.2 Å². The van der Waals surface area contributed by atoms with Crippen molar-refractivity contribution in [1.29, 1.82) is 5.26 Å². The third-order valence-corrected chi connectivity index (χ3v) is 9.53. The molecule has 0 fully saturated rings. The van der Waals surface area contributed by atoms with Gasteiger partial charge in [0, 0.05) is 6.08 Å². The molecule has 0 aliphatic heterocycles. The van der Waals surface area contributed by atoms with Gasteiger partial charge in [0.25, 0.3) is 0 Å². The number of hydrogen-bond donors (Lipinski definition) is 0. The minimum Gasteiger partial charge on any atom is -0.494 e. The van der Waals surface area contributed by atoms with Gasteiger partial charge in [-0.05, 0) is 101 Å². The highest BCUT2D eigenvalue weighted by atomic mass is 16.6. The number of esters is 4. The second kappa shape index (κ2) is 26.1. The predicted octanol–water partition coefficient (Wildman–Crippen LogP) is 9.99. The topological polar surface area (TPSA) is 147 Å². The quantitative estimate of drug-likeness (QED) is 0.0267. The number of rotatable bonds is 28. The van der Waals surface area contributed by atoms with Crippen LogP contribution in [-0.4, -0.2) is 57.4 Å². The van der Waals surface area contributed by atoms with Gasteiger partial charge in [-0.3, -0.25) is 9.59 Å². The SMILES string of the molecule is CCCCCCCCOC(=O)C(C)(C)CC(C)(CC)C(=O)OCCCCCCCOc1ccc(C(=O)Oc2ccc(/C=C/C(=O)OCCC#N)cc2OC)cc1. The van der Waals surface area contributed by atoms with Crippen molar-refractivity contribution in [3.63, 3.8) is 0 Å². The molecule has 0 aliphatic carbocycles. The van der Waals surface area contributed by atoms with Crippen LogP contribution in [0.1, 0.15) is 140 Å². The molecule has 0 heterocycles. The Morgan fingerprint density at radius 3 is 1.93 bits per heavy atom. The third-order valence-electron chi connectivity index (χ3n) is 9.53. The smallest absolute Gasteiger partial charge is 0.343 e. The molecule has 0 N–H and O–H groups in total. The second-order valence-corrected chi connectivity index (χ2v) is 14.9. The largest absolute Gasteiger partial charge is 0.494 e. The lowest BCUT2D eigenvalue weighted by molar-refractivity contribution is -0.163. The molecule has 0 amide bonds. The molecule has 56 heavy (non-hydrogen) atoms. The first-order chi connectivity index (χ1) is 26.9. The average molecular weight is 778 g/mol. The van der Waals surface area contributed by atoms with Gasteiger partial charge in [-0.1, -0.05) is 71.3 Å². The number of unbranched alkanes of at least 4 members (excludes halogenated alkanes) is 9. The zero-order valence-electron chi connectivity index (χ0n) is 34.5. The van der Waals surface area contributed by atoms with E-state index in [1.165, 1.54) is 38.5 Å². The summed E-state index contributed by atoms with van der Waals surface area (Å²) >= 11 is 0. The molecule has 0 radical (unpaired) electrons. The minimum atomic E-state index is -0.785. The van der Waals surface area contributed by atoms with Gasteiger partial charge in [0.2, 0.25) is 0 Å². The lowest BCUT2D eigenvalue weighted by Crippen LogP contribution is -2.38. The molecular weight excluding hydrogens is 714 g/mol. The van der Waals surface area contributed by atoms with Gasteiger partial charge in [-0.15, -0.1) is 0 Å². The molecule has 0 aliphatic rings. The summed E-state index contributed by atoms with van der Waals surface area (Å²) < 4.78 is 33.0. The highest BCUT2D eigenvalue weighted by molar-refractivity contribution is 5.91. The Hall–Kier alpha value is -4.85. The van der Waals surface area contributed by atoms with Crippen LogP contribution in [0.25, 0.3) is 6.08 Å². The van der Waals surface area contributed by atoms with Crippen LogP contribution in [0, 0.1) is 22.2 Å². The number of nitriles is 1. The van der Waals surface area contributed by atoms with E-state index in [0.29, 0.717) is 55.3 Å². The Morgan fingerprint density at radius 1 is 0.714 bits per heavy atom. The summed E-state index contributed by atoms with van der Waals surface area (Å²) in [7, 11) is 1.45. The molecule has 0 aromatic heterocycles. The Kier molecular flexibility index (Phi) is 22.0. The summed E-state index contributed by atoms with van der Waals surface area (Å²) in [6, 6.07) is 13.5. The molecule has 0 saturated heterocycles. The fraction of sp³-hybridized carbons (Fsp3) is 0.578. The van der Waals surface area contributed by atoms with E-state index in [2.05, 4.69) is 6.92 Å². The maximum Gasteiger partial charge on any atom is 0.343 e. The molecule has 308 valence electrons. The number of hydrogen-bond acceptors (Lipinski definition) is 11. The van der Waals surface area contributed by atoms with Crippen LogP contribution in [-0.2, 0) is 28.6 Å². The number of methoxy groups -OCH3 is 1. The number of benzene rings is 2. The van der Waals surface area contributed by atoms with Gasteiger partial charge in [-0.25, -0.2) is 9.59 Å². The highest BCUT2D eigenvalue weighted by Crippen LogP contribution is 2.38. The van der Waals surface area contributed by atoms with Gasteiger partial charge >= 0.3 is 23.9 Å². The maximum atomic E-state index is 13.1. The van der Waals surface area contributed by atoms with Crippen molar-refractivity contribution in [2.45, 2.75) is 125 Å². The summed E-state index contributed by atoms with van der Waals surface area (Å²) in [5.74, 6) is -0.480. The van der Waals surface area contributed by atoms with Gasteiger partial charge < -0.3 is 28.4 Å². The first-order valence-corrected chi connectivity index (χ1v) is 20.1. The van der Waals surface area contributed by atoms with Gasteiger partial charge in [0.15, 0.2) is 11.5 Å². The molecule has 2 aromatic carbocycles. The van der Waals surface area contributed by atoms with E-state index in [1.807, 2.05) is 33.8 Å². The van der Waals surface area contributed by atoms with Gasteiger partial charge in [0.05, 0.1) is 55.8 Å². The Labute approximate surface area is 334 Å². The fourth-order valence-electron chi connectivity index (χ4n) is 6.02. The van der Waals surface area contributed by atoms with Crippen molar-refractivity contribution in [2.75, 3.05) is 33.5 Å². The summed E-state index contributed by atoms with van der Waals surface area (Å²) in [5.41, 5.74) is -0.579. The number of ether oxygens (including phenoxy) is 6. The molecule has 11 nitrogen and oxygen atoms in total. The Morgan fingerprint density at radius 2 is 1.32 bits per heavy atom. The number of nitrogens with zero attached hydrogens (tertiary/aromatic N) is 1. The minimum absolute atomic E-state index is 0.0240. The van der Waals surface area contributed by atoms with Crippen LogP contribution in [0.5, 0.6) is 17.2 Å². The van der Waals surface area contributed by atoms with E-state index < -0.39 is 22.8 Å². The molecule has 1 atom stereocenters. The normalized spacial score (nSPS) is 12.3. The van der Waals surface area contributed by atoms with Crippen molar-refractivity contribution in [3.05, 3.63) is 59.7 Å². The molecule has 2 rings (SSSR count). The average Bonchev–Trinajstić information content (AvgIpc) is 3.19. The second-order valence-electron chi connectivity index (χ2n) is 14.9. The highest BCUT2D eigenvalue weighted by Gasteiger charge is 2.42. The number of carbonyl (C=O) groups excluding carboxylic acids is 4. The van der Waals surface area contributed by atoms with Crippen molar-refractivity contribution >= 4 is 30.0 Å². The van der Waals surface area contributed by atoms with E-state index in [0.717, 1.165) is 51.4 Å². The zero-order chi connectivity index (χ0) is 41.2. The first-order valence-electron chi connectivity index (χ1n) is 20.1. The monoisotopic (exact) mass is 777 g/mol. The molecule has 1 unspecified atom stereocenters. The van der Waals surface area contributed by atoms with Crippen molar-refractivity contribution in [1.82, 2.24) is 0 Å². The first kappa shape index (κ1) is 47.3. The predicted molar refractivity (Wildman–Crippen MR) is 215 cm³/mol. The molecule has 11 heteroatoms. The number of carbonyl (C=O) groups is 4. The fourth-order valence-corrected chi connectivity index (χ4v) is 6.02. The summed E-state index contributed by atoms with van der Waals surface area (Å²) in [5, 5.41) is 8.54. The molecule has 0 spiro atoms. The van der Waals surface area contributed by atoms with Gasteiger partial charge in [0.1, 0.15) is 12.4 Å². The van der Waals surface area contributed by atoms with E-state index in [4.69, 9.17) is 33.7 Å². The summed E-state index contributed by atoms with van der Waals surface area (Å²) in [6.07, 6.45) is 15.1. The molecule has 0 saturated carbocycles. The van der Waals surface area contributed by atoms with Crippen molar-refractivity contribution < 1.29 is 47.6 Å². The zero-order valence-corrected chi connectivity index (χ0v) is 34.5. The maximum absolute atomic E-state index is 13.1. The van der Waals surface area contributed by atoms with Crippen molar-refractivity contribution in [3.8, 4) is 23.3 Å². The van der Waals surface area contributed by atoms with Crippen LogP contribution < -0.4 is 14.2 Å². The summed E-state index contributed by atoms with van der Waals surface area (Å²) in [6.45, 7) is 11.0. The van der Waals surface area contributed by atoms with E-state index >= 15 is 0 Å². The third kappa shape index (κ3) is 17.7. The van der Waals surface area contributed by atoms with Crippen LogP contribution >= 0.6 is 0 Å². The van der Waals surface area contributed by atoms with Gasteiger partial charge in [-0.2, -0.15) is 5.26 Å².